The molecule has 0 aromatic rings. The Kier molecular flexibility index (Phi) is 2.79. The first kappa shape index (κ1) is 12.3. The number of ether oxygens (including phenoxy) is 2. The summed E-state index contributed by atoms with van der Waals surface area (Å²) in [6.45, 7) is 6.80. The van der Waals surface area contributed by atoms with Crippen LogP contribution in [0.3, 0.4) is 0 Å². The van der Waals surface area contributed by atoms with E-state index in [1.807, 2.05) is 0 Å². The zero-order chi connectivity index (χ0) is 12.1. The van der Waals surface area contributed by atoms with Gasteiger partial charge in [0.1, 0.15) is 24.4 Å². The maximum Gasteiger partial charge on any atom is 0.400 e. The molecule has 0 amide bonds. The lowest BCUT2D eigenvalue weighted by Gasteiger charge is -2.20. The summed E-state index contributed by atoms with van der Waals surface area (Å²) in [5, 5.41) is 0. The van der Waals surface area contributed by atoms with E-state index in [1.165, 1.54) is 0 Å². The second-order valence-electron chi connectivity index (χ2n) is 4.58. The molecular formula is C9H16O6S. The third-order valence-corrected chi connectivity index (χ3v) is 3.71. The SMILES string of the molecule is C[C@H]1OS(=O)(=O)O[C@H](C)[C@H]2OC(C)(C)O[C@@H]21. The van der Waals surface area contributed by atoms with Gasteiger partial charge in [-0.05, 0) is 27.7 Å². The van der Waals surface area contributed by atoms with Crippen molar-refractivity contribution in [1.82, 2.24) is 0 Å². The minimum atomic E-state index is -3.96. The van der Waals surface area contributed by atoms with Crippen molar-refractivity contribution in [2.75, 3.05) is 0 Å². The van der Waals surface area contributed by atoms with Crippen LogP contribution in [-0.2, 0) is 28.2 Å². The molecule has 0 N–H and O–H groups in total. The lowest BCUT2D eigenvalue weighted by molar-refractivity contribution is -0.160. The molecule has 16 heavy (non-hydrogen) atoms. The van der Waals surface area contributed by atoms with E-state index < -0.39 is 40.6 Å². The van der Waals surface area contributed by atoms with Gasteiger partial charge in [0.25, 0.3) is 0 Å². The fourth-order valence-corrected chi connectivity index (χ4v) is 3.06. The van der Waals surface area contributed by atoms with Gasteiger partial charge < -0.3 is 9.47 Å². The van der Waals surface area contributed by atoms with Crippen LogP contribution >= 0.6 is 0 Å². The van der Waals surface area contributed by atoms with E-state index >= 15 is 0 Å². The molecule has 94 valence electrons. The summed E-state index contributed by atoms with van der Waals surface area (Å²) >= 11 is 0. The fourth-order valence-electron chi connectivity index (χ4n) is 2.05. The van der Waals surface area contributed by atoms with Crippen LogP contribution in [0.15, 0.2) is 0 Å². The molecule has 0 aliphatic carbocycles. The van der Waals surface area contributed by atoms with Crippen LogP contribution in [-0.4, -0.2) is 38.6 Å². The first-order valence-electron chi connectivity index (χ1n) is 5.17. The Morgan fingerprint density at radius 3 is 1.69 bits per heavy atom. The predicted octanol–water partition coefficient (Wildman–Crippen LogP) is 0.575. The van der Waals surface area contributed by atoms with Crippen molar-refractivity contribution in [3.63, 3.8) is 0 Å². The summed E-state index contributed by atoms with van der Waals surface area (Å²) in [6.07, 6.45) is -2.13. The van der Waals surface area contributed by atoms with Crippen molar-refractivity contribution in [3.05, 3.63) is 0 Å². The van der Waals surface area contributed by atoms with Gasteiger partial charge in [-0.25, -0.2) is 8.37 Å². The number of rotatable bonds is 0. The number of hydrogen-bond donors (Lipinski definition) is 0. The van der Waals surface area contributed by atoms with E-state index in [1.54, 1.807) is 27.7 Å². The lowest BCUT2D eigenvalue weighted by Crippen LogP contribution is -2.38. The quantitative estimate of drug-likeness (QED) is 0.628. The lowest BCUT2D eigenvalue weighted by atomic mass is 10.1. The minimum Gasteiger partial charge on any atom is -0.342 e. The topological polar surface area (TPSA) is 71.1 Å². The molecule has 4 atom stereocenters. The third-order valence-electron chi connectivity index (χ3n) is 2.63. The van der Waals surface area contributed by atoms with Crippen molar-refractivity contribution < 1.29 is 26.3 Å². The van der Waals surface area contributed by atoms with Gasteiger partial charge in [0.2, 0.25) is 0 Å². The van der Waals surface area contributed by atoms with Crippen molar-refractivity contribution in [3.8, 4) is 0 Å². The molecule has 2 aliphatic rings. The summed E-state index contributed by atoms with van der Waals surface area (Å²) < 4.78 is 43.5. The predicted molar refractivity (Wildman–Crippen MR) is 53.8 cm³/mol. The molecule has 0 bridgehead atoms. The highest BCUT2D eigenvalue weighted by molar-refractivity contribution is 7.81. The Hall–Kier alpha value is -0.210. The Labute approximate surface area is 95.1 Å². The molecule has 0 radical (unpaired) electrons. The molecule has 2 rings (SSSR count). The molecule has 2 saturated heterocycles. The van der Waals surface area contributed by atoms with E-state index in [2.05, 4.69) is 0 Å². The van der Waals surface area contributed by atoms with Crippen LogP contribution in [0.1, 0.15) is 27.7 Å². The monoisotopic (exact) mass is 252 g/mol. The normalized spacial score (nSPS) is 46.0. The maximum atomic E-state index is 11.3. The largest absolute Gasteiger partial charge is 0.400 e. The summed E-state index contributed by atoms with van der Waals surface area (Å²) in [5.41, 5.74) is 0. The van der Waals surface area contributed by atoms with Gasteiger partial charge in [0.15, 0.2) is 5.79 Å². The molecule has 0 aromatic heterocycles. The molecule has 2 heterocycles. The first-order chi connectivity index (χ1) is 7.20. The third kappa shape index (κ3) is 2.23. The highest BCUT2D eigenvalue weighted by Gasteiger charge is 2.51. The minimum absolute atomic E-state index is 0.442. The second kappa shape index (κ2) is 3.64. The molecular weight excluding hydrogens is 236 g/mol. The van der Waals surface area contributed by atoms with E-state index in [9.17, 15) is 8.42 Å². The van der Waals surface area contributed by atoms with Crippen LogP contribution in [0.2, 0.25) is 0 Å². The van der Waals surface area contributed by atoms with Gasteiger partial charge in [0, 0.05) is 0 Å². The van der Waals surface area contributed by atoms with Crippen molar-refractivity contribution in [2.45, 2.75) is 57.9 Å². The van der Waals surface area contributed by atoms with E-state index in [-0.39, 0.29) is 0 Å². The van der Waals surface area contributed by atoms with Crippen LogP contribution in [0, 0.1) is 0 Å². The Morgan fingerprint density at radius 2 is 1.31 bits per heavy atom. The average molecular weight is 252 g/mol. The highest BCUT2D eigenvalue weighted by atomic mass is 32.3. The molecule has 0 unspecified atom stereocenters. The van der Waals surface area contributed by atoms with Gasteiger partial charge in [-0.3, -0.25) is 0 Å². The molecule has 0 saturated carbocycles. The van der Waals surface area contributed by atoms with Gasteiger partial charge in [-0.1, -0.05) is 0 Å². The van der Waals surface area contributed by atoms with E-state index in [0.29, 0.717) is 0 Å². The molecule has 2 aliphatic heterocycles. The van der Waals surface area contributed by atoms with Gasteiger partial charge in [0.05, 0.1) is 0 Å². The summed E-state index contributed by atoms with van der Waals surface area (Å²) in [6, 6.07) is 0. The Bertz CT molecular complexity index is 347. The van der Waals surface area contributed by atoms with Gasteiger partial charge >= 0.3 is 10.4 Å². The molecule has 6 nitrogen and oxygen atoms in total. The molecule has 7 heteroatoms. The smallest absolute Gasteiger partial charge is 0.342 e. The standard InChI is InChI=1S/C9H16O6S/c1-5-7-8(13-9(3,4)12-7)6(2)15-16(10,11)14-5/h5-8H,1-4H3/t5-,6-,7-,8-/m1/s1. The first-order valence-corrected chi connectivity index (χ1v) is 6.51. The van der Waals surface area contributed by atoms with E-state index in [0.717, 1.165) is 0 Å². The molecule has 0 spiro atoms. The van der Waals surface area contributed by atoms with Gasteiger partial charge in [-0.15, -0.1) is 0 Å². The highest BCUT2D eigenvalue weighted by Crippen LogP contribution is 2.36. The maximum absolute atomic E-state index is 11.3. The van der Waals surface area contributed by atoms with Crippen LogP contribution in [0.4, 0.5) is 0 Å². The molecule has 2 fully saturated rings. The zero-order valence-corrected chi connectivity index (χ0v) is 10.5. The zero-order valence-electron chi connectivity index (χ0n) is 9.67. The molecule has 0 aromatic carbocycles. The van der Waals surface area contributed by atoms with E-state index in [4.69, 9.17) is 17.8 Å². The summed E-state index contributed by atoms with van der Waals surface area (Å²) in [7, 11) is -3.96. The van der Waals surface area contributed by atoms with Crippen molar-refractivity contribution in [2.24, 2.45) is 0 Å². The fraction of sp³-hybridized carbons (Fsp3) is 1.00. The summed E-state index contributed by atoms with van der Waals surface area (Å²) in [4.78, 5) is 0. The summed E-state index contributed by atoms with van der Waals surface area (Å²) in [5.74, 6) is -0.744. The van der Waals surface area contributed by atoms with Crippen molar-refractivity contribution in [1.29, 1.82) is 0 Å². The van der Waals surface area contributed by atoms with Crippen LogP contribution < -0.4 is 0 Å². The van der Waals surface area contributed by atoms with Crippen LogP contribution in [0.25, 0.3) is 0 Å². The second-order valence-corrected chi connectivity index (χ2v) is 5.78. The Balaban J connectivity index is 2.28. The Morgan fingerprint density at radius 1 is 0.938 bits per heavy atom. The number of fused-ring (bicyclic) bond motifs is 1. The average Bonchev–Trinajstić information content (AvgIpc) is 2.36. The van der Waals surface area contributed by atoms with Crippen LogP contribution in [0.5, 0.6) is 0 Å². The van der Waals surface area contributed by atoms with Gasteiger partial charge in [-0.2, -0.15) is 8.42 Å². The van der Waals surface area contributed by atoms with Crippen molar-refractivity contribution >= 4 is 10.4 Å². The number of hydrogen-bond acceptors (Lipinski definition) is 6.